The number of rotatable bonds is 1. The van der Waals surface area contributed by atoms with Crippen LogP contribution in [0.25, 0.3) is 0 Å². The zero-order chi connectivity index (χ0) is 8.43. The van der Waals surface area contributed by atoms with E-state index in [1.165, 1.54) is 4.90 Å². The topological polar surface area (TPSA) is 37.4 Å². The van der Waals surface area contributed by atoms with Crippen LogP contribution in [0.4, 0.5) is 0 Å². The Morgan fingerprint density at radius 2 is 2.18 bits per heavy atom. The molecule has 1 rings (SSSR count). The van der Waals surface area contributed by atoms with Crippen LogP contribution in [0.5, 0.6) is 0 Å². The highest BCUT2D eigenvalue weighted by atomic mass is 16.2. The van der Waals surface area contributed by atoms with Crippen molar-refractivity contribution in [3.63, 3.8) is 0 Å². The second-order valence-electron chi connectivity index (χ2n) is 2.59. The molecular weight excluding hydrogens is 142 g/mol. The summed E-state index contributed by atoms with van der Waals surface area (Å²) in [5, 5.41) is 0. The van der Waals surface area contributed by atoms with Crippen LogP contribution >= 0.6 is 0 Å². The molecule has 0 aromatic carbocycles. The predicted octanol–water partition coefficient (Wildman–Crippen LogP) is 0.567. The quantitative estimate of drug-likeness (QED) is 0.516. The Kier molecular flexibility index (Phi) is 2.08. The van der Waals surface area contributed by atoms with Crippen molar-refractivity contribution in [2.45, 2.75) is 13.8 Å². The number of hydrogen-bond acceptors (Lipinski definition) is 2. The summed E-state index contributed by atoms with van der Waals surface area (Å²) in [7, 11) is 0. The summed E-state index contributed by atoms with van der Waals surface area (Å²) in [6.07, 6.45) is 3.42. The fourth-order valence-corrected chi connectivity index (χ4v) is 0.973. The zero-order valence-electron chi connectivity index (χ0n) is 6.70. The van der Waals surface area contributed by atoms with Crippen LogP contribution in [-0.4, -0.2) is 23.1 Å². The first kappa shape index (κ1) is 7.98. The third-order valence-electron chi connectivity index (χ3n) is 1.78. The Labute approximate surface area is 65.7 Å². The van der Waals surface area contributed by atoms with Gasteiger partial charge in [0.2, 0.25) is 5.78 Å². The van der Waals surface area contributed by atoms with E-state index < -0.39 is 0 Å². The molecule has 1 aliphatic rings. The molecule has 11 heavy (non-hydrogen) atoms. The van der Waals surface area contributed by atoms with Gasteiger partial charge in [0.15, 0.2) is 0 Å². The molecule has 0 bridgehead atoms. The first-order valence-corrected chi connectivity index (χ1v) is 3.70. The molecule has 60 valence electrons. The molecule has 1 aliphatic heterocycles. The van der Waals surface area contributed by atoms with Crippen LogP contribution in [0, 0.1) is 5.92 Å². The summed E-state index contributed by atoms with van der Waals surface area (Å²) >= 11 is 0. The molecule has 1 atom stereocenters. The molecule has 0 fully saturated rings. The molecule has 1 heterocycles. The summed E-state index contributed by atoms with van der Waals surface area (Å²) in [5.41, 5.74) is 0. The number of carbonyl (C=O) groups is 2. The monoisotopic (exact) mass is 153 g/mol. The van der Waals surface area contributed by atoms with Gasteiger partial charge in [-0.3, -0.25) is 9.59 Å². The van der Waals surface area contributed by atoms with Gasteiger partial charge >= 0.3 is 0 Å². The van der Waals surface area contributed by atoms with Crippen molar-refractivity contribution in [1.82, 2.24) is 4.90 Å². The summed E-state index contributed by atoms with van der Waals surface area (Å²) < 4.78 is 0. The standard InChI is InChI=1S/C8H11NO2/c1-3-9-5-4-6(2)7(10)8(9)11/h4-6H,3H2,1-2H3. The maximum absolute atomic E-state index is 11.1. The highest BCUT2D eigenvalue weighted by molar-refractivity contribution is 6.38. The van der Waals surface area contributed by atoms with Gasteiger partial charge in [0.05, 0.1) is 0 Å². The second kappa shape index (κ2) is 2.86. The molecule has 0 saturated carbocycles. The van der Waals surface area contributed by atoms with E-state index in [9.17, 15) is 9.59 Å². The molecule has 0 N–H and O–H groups in total. The number of amides is 1. The first-order chi connectivity index (χ1) is 5.16. The third-order valence-corrected chi connectivity index (χ3v) is 1.78. The van der Waals surface area contributed by atoms with Crippen molar-refractivity contribution < 1.29 is 9.59 Å². The lowest BCUT2D eigenvalue weighted by Gasteiger charge is -2.21. The van der Waals surface area contributed by atoms with Gasteiger partial charge in [-0.15, -0.1) is 0 Å². The lowest BCUT2D eigenvalue weighted by atomic mass is 10.0. The van der Waals surface area contributed by atoms with Crippen molar-refractivity contribution in [2.75, 3.05) is 6.54 Å². The van der Waals surface area contributed by atoms with Crippen LogP contribution < -0.4 is 0 Å². The van der Waals surface area contributed by atoms with Crippen LogP contribution in [0.15, 0.2) is 12.3 Å². The van der Waals surface area contributed by atoms with Crippen LogP contribution in [-0.2, 0) is 9.59 Å². The summed E-state index contributed by atoms with van der Waals surface area (Å²) in [5.74, 6) is -0.942. The van der Waals surface area contributed by atoms with Crippen molar-refractivity contribution in [2.24, 2.45) is 5.92 Å². The number of carbonyl (C=O) groups excluding carboxylic acids is 2. The molecule has 0 aliphatic carbocycles. The van der Waals surface area contributed by atoms with E-state index in [1.807, 2.05) is 6.92 Å². The van der Waals surface area contributed by atoms with E-state index in [0.29, 0.717) is 6.54 Å². The summed E-state index contributed by atoms with van der Waals surface area (Å²) in [6, 6.07) is 0. The van der Waals surface area contributed by atoms with Gasteiger partial charge in [0.1, 0.15) is 0 Å². The molecule has 0 radical (unpaired) electrons. The number of Topliss-reactive ketones (excluding diaryl/α,β-unsaturated/α-hetero) is 1. The minimum absolute atomic E-state index is 0.245. The number of ketones is 1. The third kappa shape index (κ3) is 1.31. The molecule has 3 nitrogen and oxygen atoms in total. The van der Waals surface area contributed by atoms with E-state index in [0.717, 1.165) is 0 Å². The van der Waals surface area contributed by atoms with Crippen molar-refractivity contribution >= 4 is 11.7 Å². The van der Waals surface area contributed by atoms with Gasteiger partial charge in [-0.1, -0.05) is 13.0 Å². The van der Waals surface area contributed by atoms with Crippen LogP contribution in [0.1, 0.15) is 13.8 Å². The van der Waals surface area contributed by atoms with Crippen molar-refractivity contribution in [3.05, 3.63) is 12.3 Å². The number of allylic oxidation sites excluding steroid dienone is 1. The van der Waals surface area contributed by atoms with E-state index in [-0.39, 0.29) is 17.6 Å². The van der Waals surface area contributed by atoms with Gasteiger partial charge < -0.3 is 4.90 Å². The lowest BCUT2D eigenvalue weighted by Crippen LogP contribution is -2.38. The Bertz CT molecular complexity index is 220. The summed E-state index contributed by atoms with van der Waals surface area (Å²) in [6.45, 7) is 4.13. The minimum Gasteiger partial charge on any atom is -0.313 e. The molecule has 0 aromatic rings. The van der Waals surface area contributed by atoms with E-state index in [1.54, 1.807) is 19.2 Å². The molecule has 3 heteroatoms. The number of nitrogens with zero attached hydrogens (tertiary/aromatic N) is 1. The Morgan fingerprint density at radius 1 is 1.55 bits per heavy atom. The molecule has 0 spiro atoms. The molecular formula is C8H11NO2. The fourth-order valence-electron chi connectivity index (χ4n) is 0.973. The van der Waals surface area contributed by atoms with Gasteiger partial charge in [-0.05, 0) is 6.92 Å². The molecule has 1 unspecified atom stereocenters. The normalized spacial score (nSPS) is 24.5. The van der Waals surface area contributed by atoms with Gasteiger partial charge in [0.25, 0.3) is 5.91 Å². The zero-order valence-corrected chi connectivity index (χ0v) is 6.70. The van der Waals surface area contributed by atoms with Crippen molar-refractivity contribution in [3.8, 4) is 0 Å². The molecule has 1 amide bonds. The van der Waals surface area contributed by atoms with E-state index in [4.69, 9.17) is 0 Å². The minimum atomic E-state index is -0.387. The Balaban J connectivity index is 2.85. The fraction of sp³-hybridized carbons (Fsp3) is 0.500. The van der Waals surface area contributed by atoms with Gasteiger partial charge in [-0.25, -0.2) is 0 Å². The van der Waals surface area contributed by atoms with Gasteiger partial charge in [0, 0.05) is 18.7 Å². The highest BCUT2D eigenvalue weighted by Crippen LogP contribution is 2.09. The van der Waals surface area contributed by atoms with E-state index in [2.05, 4.69) is 0 Å². The largest absolute Gasteiger partial charge is 0.313 e. The lowest BCUT2D eigenvalue weighted by molar-refractivity contribution is -0.144. The Morgan fingerprint density at radius 3 is 2.73 bits per heavy atom. The van der Waals surface area contributed by atoms with E-state index >= 15 is 0 Å². The maximum Gasteiger partial charge on any atom is 0.294 e. The van der Waals surface area contributed by atoms with Crippen molar-refractivity contribution in [1.29, 1.82) is 0 Å². The highest BCUT2D eigenvalue weighted by Gasteiger charge is 2.26. The SMILES string of the molecule is CCN1C=CC(C)C(=O)C1=O. The Hall–Kier alpha value is -1.12. The first-order valence-electron chi connectivity index (χ1n) is 3.70. The molecule has 0 aromatic heterocycles. The van der Waals surface area contributed by atoms with Crippen LogP contribution in [0.2, 0.25) is 0 Å². The second-order valence-corrected chi connectivity index (χ2v) is 2.59. The number of hydrogen-bond donors (Lipinski definition) is 0. The van der Waals surface area contributed by atoms with Gasteiger partial charge in [-0.2, -0.15) is 0 Å². The van der Waals surface area contributed by atoms with Crippen LogP contribution in [0.3, 0.4) is 0 Å². The predicted molar refractivity (Wildman–Crippen MR) is 40.7 cm³/mol. The smallest absolute Gasteiger partial charge is 0.294 e. The summed E-state index contributed by atoms with van der Waals surface area (Å²) in [4.78, 5) is 23.6. The number of likely N-dealkylation sites (N-methyl/N-ethyl adjacent to an activating group) is 1. The average Bonchev–Trinajstić information content (AvgIpc) is 2.01. The average molecular weight is 153 g/mol. The maximum atomic E-state index is 11.1. The molecule has 0 saturated heterocycles.